The molecule has 0 heterocycles. The van der Waals surface area contributed by atoms with Crippen LogP contribution in [0.1, 0.15) is 31.4 Å². The lowest BCUT2D eigenvalue weighted by Crippen LogP contribution is -2.09. The molecule has 0 aliphatic heterocycles. The van der Waals surface area contributed by atoms with Crippen molar-refractivity contribution < 1.29 is 0 Å². The van der Waals surface area contributed by atoms with Crippen molar-refractivity contribution in [2.45, 2.75) is 33.2 Å². The molecule has 1 aliphatic rings. The van der Waals surface area contributed by atoms with Gasteiger partial charge < -0.3 is 5.32 Å². The van der Waals surface area contributed by atoms with Crippen LogP contribution in [0.3, 0.4) is 0 Å². The molecule has 2 rings (SSSR count). The number of anilines is 1. The summed E-state index contributed by atoms with van der Waals surface area (Å²) >= 11 is 0. The van der Waals surface area contributed by atoms with E-state index in [4.69, 9.17) is 5.26 Å². The monoisotopic (exact) mass is 200 g/mol. The van der Waals surface area contributed by atoms with Gasteiger partial charge in [0.2, 0.25) is 0 Å². The van der Waals surface area contributed by atoms with Crippen molar-refractivity contribution in [3.05, 3.63) is 29.3 Å². The molecule has 2 heteroatoms. The van der Waals surface area contributed by atoms with Crippen LogP contribution in [0.15, 0.2) is 18.2 Å². The molecular weight excluding hydrogens is 184 g/mol. The van der Waals surface area contributed by atoms with E-state index in [2.05, 4.69) is 25.2 Å². The first kappa shape index (κ1) is 10.0. The molecule has 1 aromatic carbocycles. The van der Waals surface area contributed by atoms with E-state index in [-0.39, 0.29) is 0 Å². The van der Waals surface area contributed by atoms with E-state index in [9.17, 15) is 0 Å². The summed E-state index contributed by atoms with van der Waals surface area (Å²) < 4.78 is 0. The van der Waals surface area contributed by atoms with Gasteiger partial charge >= 0.3 is 0 Å². The summed E-state index contributed by atoms with van der Waals surface area (Å²) in [6, 6.07) is 8.54. The van der Waals surface area contributed by atoms with Gasteiger partial charge in [-0.05, 0) is 42.5 Å². The maximum absolute atomic E-state index is 8.76. The molecule has 1 N–H and O–H groups in total. The second-order valence-electron chi connectivity index (χ2n) is 5.03. The van der Waals surface area contributed by atoms with E-state index < -0.39 is 0 Å². The normalized spacial score (nSPS) is 21.9. The molecule has 1 atom stereocenters. The van der Waals surface area contributed by atoms with Gasteiger partial charge in [-0.2, -0.15) is 5.26 Å². The average molecular weight is 200 g/mol. The van der Waals surface area contributed by atoms with E-state index >= 15 is 0 Å². The van der Waals surface area contributed by atoms with Gasteiger partial charge in [0, 0.05) is 11.7 Å². The quantitative estimate of drug-likeness (QED) is 0.796. The molecule has 1 saturated carbocycles. The maximum Gasteiger partial charge on any atom is 0.0991 e. The fourth-order valence-electron chi connectivity index (χ4n) is 1.80. The van der Waals surface area contributed by atoms with Gasteiger partial charge in [0.25, 0.3) is 0 Å². The number of hydrogen-bond acceptors (Lipinski definition) is 2. The van der Waals surface area contributed by atoms with Crippen LogP contribution in [0.4, 0.5) is 5.69 Å². The topological polar surface area (TPSA) is 35.8 Å². The van der Waals surface area contributed by atoms with Crippen LogP contribution in [-0.4, -0.2) is 6.04 Å². The Morgan fingerprint density at radius 1 is 1.47 bits per heavy atom. The fourth-order valence-corrected chi connectivity index (χ4v) is 1.80. The average Bonchev–Trinajstić information content (AvgIpc) is 2.77. The predicted molar refractivity (Wildman–Crippen MR) is 61.7 cm³/mol. The summed E-state index contributed by atoms with van der Waals surface area (Å²) in [4.78, 5) is 0. The van der Waals surface area contributed by atoms with Gasteiger partial charge in [-0.1, -0.05) is 13.8 Å². The van der Waals surface area contributed by atoms with Gasteiger partial charge in [-0.3, -0.25) is 0 Å². The third kappa shape index (κ3) is 1.97. The number of aryl methyl sites for hydroxylation is 1. The van der Waals surface area contributed by atoms with Gasteiger partial charge in [-0.15, -0.1) is 0 Å². The minimum Gasteiger partial charge on any atom is -0.382 e. The largest absolute Gasteiger partial charge is 0.382 e. The highest BCUT2D eigenvalue weighted by molar-refractivity contribution is 5.55. The molecule has 0 bridgehead atoms. The third-order valence-corrected chi connectivity index (χ3v) is 3.20. The van der Waals surface area contributed by atoms with Gasteiger partial charge in [0.05, 0.1) is 11.6 Å². The van der Waals surface area contributed by atoms with Crippen molar-refractivity contribution >= 4 is 5.69 Å². The molecule has 1 aromatic rings. The summed E-state index contributed by atoms with van der Waals surface area (Å²) in [5.41, 5.74) is 3.47. The second-order valence-corrected chi connectivity index (χ2v) is 5.03. The SMILES string of the molecule is Cc1cc(C#N)ccc1NC1CC1(C)C. The van der Waals surface area contributed by atoms with Gasteiger partial charge in [0.15, 0.2) is 0 Å². The van der Waals surface area contributed by atoms with Crippen molar-refractivity contribution in [3.8, 4) is 6.07 Å². The van der Waals surface area contributed by atoms with E-state index in [1.54, 1.807) is 0 Å². The Hall–Kier alpha value is -1.49. The van der Waals surface area contributed by atoms with Crippen molar-refractivity contribution in [1.82, 2.24) is 0 Å². The van der Waals surface area contributed by atoms with Gasteiger partial charge in [-0.25, -0.2) is 0 Å². The molecule has 2 nitrogen and oxygen atoms in total. The maximum atomic E-state index is 8.76. The summed E-state index contributed by atoms with van der Waals surface area (Å²) in [5.74, 6) is 0. The zero-order valence-electron chi connectivity index (χ0n) is 9.46. The fraction of sp³-hybridized carbons (Fsp3) is 0.462. The Bertz CT molecular complexity index is 427. The summed E-state index contributed by atoms with van der Waals surface area (Å²) in [7, 11) is 0. The summed E-state index contributed by atoms with van der Waals surface area (Å²) in [6.07, 6.45) is 1.23. The van der Waals surface area contributed by atoms with Gasteiger partial charge in [0.1, 0.15) is 0 Å². The van der Waals surface area contributed by atoms with Crippen molar-refractivity contribution in [2.75, 3.05) is 5.32 Å². The van der Waals surface area contributed by atoms with Crippen LogP contribution in [0.5, 0.6) is 0 Å². The highest BCUT2D eigenvalue weighted by Crippen LogP contribution is 2.46. The van der Waals surface area contributed by atoms with Crippen molar-refractivity contribution in [3.63, 3.8) is 0 Å². The molecule has 0 saturated heterocycles. The highest BCUT2D eigenvalue weighted by atomic mass is 15.0. The lowest BCUT2D eigenvalue weighted by atomic mass is 10.1. The van der Waals surface area contributed by atoms with E-state index in [1.807, 2.05) is 25.1 Å². The Labute approximate surface area is 90.9 Å². The number of hydrogen-bond donors (Lipinski definition) is 1. The lowest BCUT2D eigenvalue weighted by molar-refractivity contribution is 0.630. The standard InChI is InChI=1S/C13H16N2/c1-9-6-10(8-14)4-5-11(9)15-12-7-13(12,2)3/h4-6,12,15H,7H2,1-3H3. The van der Waals surface area contributed by atoms with E-state index in [0.717, 1.165) is 16.8 Å². The van der Waals surface area contributed by atoms with E-state index in [1.165, 1.54) is 6.42 Å². The molecule has 0 aromatic heterocycles. The highest BCUT2D eigenvalue weighted by Gasteiger charge is 2.45. The number of nitrogens with one attached hydrogen (secondary N) is 1. The molecule has 1 unspecified atom stereocenters. The molecular formula is C13H16N2. The van der Waals surface area contributed by atoms with Crippen LogP contribution >= 0.6 is 0 Å². The molecule has 78 valence electrons. The number of benzene rings is 1. The lowest BCUT2D eigenvalue weighted by Gasteiger charge is -2.11. The summed E-state index contributed by atoms with van der Waals surface area (Å²) in [5, 5.41) is 12.3. The minimum atomic E-state index is 0.431. The van der Waals surface area contributed by atoms with Crippen LogP contribution in [0.2, 0.25) is 0 Å². The van der Waals surface area contributed by atoms with E-state index in [0.29, 0.717) is 11.5 Å². The third-order valence-electron chi connectivity index (χ3n) is 3.20. The summed E-state index contributed by atoms with van der Waals surface area (Å²) in [6.45, 7) is 6.58. The second kappa shape index (κ2) is 3.27. The zero-order chi connectivity index (χ0) is 11.1. The molecule has 0 amide bonds. The first-order valence-corrected chi connectivity index (χ1v) is 5.30. The number of nitriles is 1. The molecule has 15 heavy (non-hydrogen) atoms. The Morgan fingerprint density at radius 3 is 2.60 bits per heavy atom. The Kier molecular flexibility index (Phi) is 2.19. The first-order chi connectivity index (χ1) is 7.03. The zero-order valence-corrected chi connectivity index (χ0v) is 9.46. The molecule has 1 fully saturated rings. The number of nitrogens with zero attached hydrogens (tertiary/aromatic N) is 1. The first-order valence-electron chi connectivity index (χ1n) is 5.30. The minimum absolute atomic E-state index is 0.431. The Morgan fingerprint density at radius 2 is 2.13 bits per heavy atom. The predicted octanol–water partition coefficient (Wildman–Crippen LogP) is 3.08. The number of rotatable bonds is 2. The van der Waals surface area contributed by atoms with Crippen LogP contribution in [-0.2, 0) is 0 Å². The molecule has 0 spiro atoms. The smallest absolute Gasteiger partial charge is 0.0991 e. The Balaban J connectivity index is 2.14. The van der Waals surface area contributed by atoms with Crippen LogP contribution < -0.4 is 5.32 Å². The molecule has 0 radical (unpaired) electrons. The van der Waals surface area contributed by atoms with Crippen molar-refractivity contribution in [2.24, 2.45) is 5.41 Å². The molecule has 1 aliphatic carbocycles. The van der Waals surface area contributed by atoms with Crippen LogP contribution in [0, 0.1) is 23.7 Å². The van der Waals surface area contributed by atoms with Crippen LogP contribution in [0.25, 0.3) is 0 Å². The van der Waals surface area contributed by atoms with Crippen molar-refractivity contribution in [1.29, 1.82) is 5.26 Å².